The molecule has 2 aliphatic carbocycles. The number of oxime groups is 1. The van der Waals surface area contributed by atoms with Crippen LogP contribution in [0.2, 0.25) is 0 Å². The number of halogens is 1. The van der Waals surface area contributed by atoms with E-state index in [0.29, 0.717) is 72.4 Å². The average molecular weight is 993 g/mol. The maximum atomic E-state index is 15.0. The van der Waals surface area contributed by atoms with Crippen LogP contribution in [0.4, 0.5) is 15.8 Å². The Bertz CT molecular complexity index is 2590. The van der Waals surface area contributed by atoms with Crippen LogP contribution in [0.5, 0.6) is 11.5 Å². The molecule has 0 radical (unpaired) electrons. The third kappa shape index (κ3) is 12.6. The number of amides is 1. The fourth-order valence-corrected chi connectivity index (χ4v) is 10.1. The summed E-state index contributed by atoms with van der Waals surface area (Å²) in [6, 6.07) is 22.6. The molecule has 0 saturated heterocycles. The maximum Gasteiger partial charge on any atom is 0.269 e. The number of rotatable bonds is 27. The molecule has 4 aromatic carbocycles. The number of unbranched alkanes of at least 4 members (excludes halogenated alkanes) is 2. The molecule has 17 nitrogen and oxygen atoms in total. The number of fused-ring (bicyclic) bond motifs is 2. The number of nitrogens with zero attached hydrogens (tertiary/aromatic N) is 4. The highest BCUT2D eigenvalue weighted by Crippen LogP contribution is 2.62. The van der Waals surface area contributed by atoms with Crippen LogP contribution in [-0.2, 0) is 32.3 Å². The van der Waals surface area contributed by atoms with E-state index in [0.717, 1.165) is 11.1 Å². The summed E-state index contributed by atoms with van der Waals surface area (Å²) in [5.74, 6) is -2.95. The van der Waals surface area contributed by atoms with Crippen LogP contribution in [0.25, 0.3) is 6.08 Å². The van der Waals surface area contributed by atoms with Crippen molar-refractivity contribution in [2.75, 3.05) is 46.2 Å². The molecule has 18 heteroatoms. The number of aliphatic hydroxyl groups excluding tert-OH is 3. The van der Waals surface area contributed by atoms with Crippen LogP contribution in [-0.4, -0.2) is 99.7 Å². The first-order chi connectivity index (χ1) is 35.0. The summed E-state index contributed by atoms with van der Waals surface area (Å²) in [4.78, 5) is 44.6. The van der Waals surface area contributed by atoms with Gasteiger partial charge in [0.05, 0.1) is 47.9 Å². The minimum atomic E-state index is -1.65. The normalized spacial score (nSPS) is 21.5. The van der Waals surface area contributed by atoms with E-state index < -0.39 is 45.2 Å². The Morgan fingerprint density at radius 2 is 1.60 bits per heavy atom. The quantitative estimate of drug-likeness (QED) is 0.0167. The zero-order chi connectivity index (χ0) is 51.0. The standard InChI is InChI=1S/C54H61FN4O13/c1-2-29-70-54-50(57(25-30-68-31-28-62)51(63)24-17-37-13-18-41(19-14-37)58(64)65)34-48(56-71-35-38-15-20-42(21-16-38)59(66)67)45-32-39(9-5-7-26-60)44(11-6-8-27-61)52(53(45)54)46-33-43(22-23-49(46)72-54)69-36-40-10-3-4-12-47(40)55/h2-4,10,12-24,32-33,39,44,50,52-53,60-62H,1,5-9,11,25-31,34-36H2. The van der Waals surface area contributed by atoms with Gasteiger partial charge in [0.15, 0.2) is 0 Å². The van der Waals surface area contributed by atoms with Gasteiger partial charge < -0.3 is 44.0 Å². The van der Waals surface area contributed by atoms with Gasteiger partial charge in [-0.25, -0.2) is 4.39 Å². The van der Waals surface area contributed by atoms with E-state index in [1.807, 2.05) is 6.07 Å². The summed E-state index contributed by atoms with van der Waals surface area (Å²) in [7, 11) is 0. The largest absolute Gasteiger partial charge is 0.489 e. The van der Waals surface area contributed by atoms with Crippen molar-refractivity contribution in [3.63, 3.8) is 0 Å². The Kier molecular flexibility index (Phi) is 18.8. The molecule has 1 saturated carbocycles. The molecule has 3 N–H and O–H groups in total. The highest BCUT2D eigenvalue weighted by molar-refractivity contribution is 6.03. The molecule has 382 valence electrons. The molecule has 0 bridgehead atoms. The first kappa shape index (κ1) is 53.0. The monoisotopic (exact) mass is 992 g/mol. The predicted octanol–water partition coefficient (Wildman–Crippen LogP) is 8.61. The van der Waals surface area contributed by atoms with Crippen LogP contribution in [0, 0.1) is 43.8 Å². The Labute approximate surface area is 417 Å². The van der Waals surface area contributed by atoms with E-state index in [2.05, 4.69) is 12.7 Å². The van der Waals surface area contributed by atoms with Crippen molar-refractivity contribution in [3.8, 4) is 11.5 Å². The number of nitro benzene ring substituents is 2. The van der Waals surface area contributed by atoms with Gasteiger partial charge in [-0.1, -0.05) is 48.3 Å². The molecule has 1 amide bonds. The van der Waals surface area contributed by atoms with Gasteiger partial charge in [-0.15, -0.1) is 6.58 Å². The van der Waals surface area contributed by atoms with Crippen LogP contribution < -0.4 is 9.47 Å². The van der Waals surface area contributed by atoms with Crippen LogP contribution in [0.1, 0.15) is 73.1 Å². The molecule has 72 heavy (non-hydrogen) atoms. The van der Waals surface area contributed by atoms with E-state index >= 15 is 0 Å². The lowest BCUT2D eigenvalue weighted by atomic mass is 9.55. The first-order valence-electron chi connectivity index (χ1n) is 24.2. The van der Waals surface area contributed by atoms with Gasteiger partial charge >= 0.3 is 0 Å². The number of benzene rings is 4. The first-order valence-corrected chi connectivity index (χ1v) is 24.2. The number of hydrogen-bond acceptors (Lipinski definition) is 14. The number of nitro groups is 2. The van der Waals surface area contributed by atoms with E-state index in [9.17, 15) is 44.7 Å². The topological polar surface area (TPSA) is 226 Å². The smallest absolute Gasteiger partial charge is 0.269 e. The van der Waals surface area contributed by atoms with Crippen LogP contribution in [0.15, 0.2) is 127 Å². The SMILES string of the molecule is C=CCOC12Oc3ccc(OCc4ccccc4F)cc3C3C(CCCCO)C(CCCCO)C=C(C(=NOCc4ccc([N+](=O)[O-])cc4)CC1N(CCOCCO)C(=O)C=Cc1ccc([N+](=O)[O-])cc1)C32. The molecule has 3 aliphatic rings. The number of carbonyl (C=O) groups excluding carboxylic acids is 1. The molecule has 4 aromatic rings. The molecular weight excluding hydrogens is 932 g/mol. The van der Waals surface area contributed by atoms with E-state index in [4.69, 9.17) is 28.9 Å². The zero-order valence-corrected chi connectivity index (χ0v) is 40.0. The van der Waals surface area contributed by atoms with Crippen molar-refractivity contribution in [1.82, 2.24) is 4.90 Å². The Balaban J connectivity index is 1.42. The number of hydrogen-bond donors (Lipinski definition) is 3. The fourth-order valence-electron chi connectivity index (χ4n) is 10.1. The maximum absolute atomic E-state index is 15.0. The van der Waals surface area contributed by atoms with Gasteiger partial charge in [0, 0.05) is 73.6 Å². The summed E-state index contributed by atoms with van der Waals surface area (Å²) < 4.78 is 41.3. The van der Waals surface area contributed by atoms with Gasteiger partial charge in [0.1, 0.15) is 36.6 Å². The van der Waals surface area contributed by atoms with Gasteiger partial charge in [-0.3, -0.25) is 25.0 Å². The molecule has 1 aliphatic heterocycles. The Hall–Kier alpha value is -6.83. The molecular formula is C54H61FN4O13. The lowest BCUT2D eigenvalue weighted by Crippen LogP contribution is -2.70. The van der Waals surface area contributed by atoms with E-state index in [1.165, 1.54) is 48.5 Å². The number of allylic oxidation sites excluding steroid dienone is 1. The van der Waals surface area contributed by atoms with Crippen molar-refractivity contribution in [2.24, 2.45) is 22.9 Å². The minimum Gasteiger partial charge on any atom is -0.489 e. The van der Waals surface area contributed by atoms with E-state index in [-0.39, 0.29) is 89.0 Å². The van der Waals surface area contributed by atoms with Crippen molar-refractivity contribution >= 4 is 29.1 Å². The van der Waals surface area contributed by atoms with Gasteiger partial charge in [-0.05, 0) is 109 Å². The predicted molar refractivity (Wildman–Crippen MR) is 265 cm³/mol. The van der Waals surface area contributed by atoms with E-state index in [1.54, 1.807) is 59.5 Å². The minimum absolute atomic E-state index is 0.00162. The molecule has 1 heterocycles. The number of ether oxygens (including phenoxy) is 4. The van der Waals surface area contributed by atoms with Crippen molar-refractivity contribution in [1.29, 1.82) is 0 Å². The fraction of sp³-hybridized carbons (Fsp3) is 0.407. The van der Waals surface area contributed by atoms with Crippen molar-refractivity contribution < 1.29 is 58.1 Å². The molecule has 7 rings (SSSR count). The number of carbonyl (C=O) groups is 1. The van der Waals surface area contributed by atoms with Crippen LogP contribution in [0.3, 0.4) is 0 Å². The third-order valence-electron chi connectivity index (χ3n) is 13.4. The Morgan fingerprint density at radius 3 is 2.28 bits per heavy atom. The number of non-ortho nitro benzene ring substituents is 2. The summed E-state index contributed by atoms with van der Waals surface area (Å²) >= 11 is 0. The highest BCUT2D eigenvalue weighted by Gasteiger charge is 2.65. The van der Waals surface area contributed by atoms with Gasteiger partial charge in [0.2, 0.25) is 11.7 Å². The molecule has 6 unspecified atom stereocenters. The Morgan fingerprint density at radius 1 is 0.889 bits per heavy atom. The second-order valence-corrected chi connectivity index (χ2v) is 17.9. The summed E-state index contributed by atoms with van der Waals surface area (Å²) in [6.45, 7) is 3.63. The van der Waals surface area contributed by atoms with Crippen molar-refractivity contribution in [2.45, 2.75) is 75.9 Å². The van der Waals surface area contributed by atoms with Crippen LogP contribution >= 0.6 is 0 Å². The number of aliphatic hydroxyl groups is 3. The lowest BCUT2D eigenvalue weighted by molar-refractivity contribution is -0.385. The second-order valence-electron chi connectivity index (χ2n) is 17.9. The van der Waals surface area contributed by atoms with Gasteiger partial charge in [-0.2, -0.15) is 0 Å². The average Bonchev–Trinajstić information content (AvgIpc) is 3.38. The zero-order valence-electron chi connectivity index (χ0n) is 40.0. The lowest BCUT2D eigenvalue weighted by Gasteiger charge is -2.60. The van der Waals surface area contributed by atoms with Crippen molar-refractivity contribution in [3.05, 3.63) is 170 Å². The summed E-state index contributed by atoms with van der Waals surface area (Å²) in [5.41, 5.74) is 3.36. The summed E-state index contributed by atoms with van der Waals surface area (Å²) in [6.07, 6.45) is 10.6. The summed E-state index contributed by atoms with van der Waals surface area (Å²) in [5, 5.41) is 57.3. The third-order valence-corrected chi connectivity index (χ3v) is 13.4. The molecule has 1 fully saturated rings. The highest BCUT2D eigenvalue weighted by atomic mass is 19.1. The van der Waals surface area contributed by atoms with Gasteiger partial charge in [0.25, 0.3) is 11.4 Å². The molecule has 6 atom stereocenters. The molecule has 0 spiro atoms. The second kappa shape index (κ2) is 25.5. The molecule has 0 aromatic heterocycles.